The van der Waals surface area contributed by atoms with Crippen LogP contribution in [-0.4, -0.2) is 49.1 Å². The van der Waals surface area contributed by atoms with E-state index in [-0.39, 0.29) is 41.1 Å². The van der Waals surface area contributed by atoms with Gasteiger partial charge in [-0.1, -0.05) is 11.6 Å². The summed E-state index contributed by atoms with van der Waals surface area (Å²) < 4.78 is 10.5. The van der Waals surface area contributed by atoms with Crippen LogP contribution >= 0.6 is 11.6 Å². The van der Waals surface area contributed by atoms with E-state index >= 15 is 0 Å². The number of carbonyl (C=O) groups excluding carboxylic acids is 2. The molecule has 0 radical (unpaired) electrons. The van der Waals surface area contributed by atoms with Crippen molar-refractivity contribution in [1.29, 1.82) is 0 Å². The molecule has 2 rings (SSSR count). The first-order valence-corrected chi connectivity index (χ1v) is 8.58. The summed E-state index contributed by atoms with van der Waals surface area (Å²) >= 11 is 6.23. The van der Waals surface area contributed by atoms with Crippen molar-refractivity contribution in [2.75, 3.05) is 20.3 Å². The number of methoxy groups -OCH3 is 1. The van der Waals surface area contributed by atoms with E-state index in [0.717, 1.165) is 19.3 Å². The summed E-state index contributed by atoms with van der Waals surface area (Å²) in [7, 11) is 1.43. The number of ether oxygens (including phenoxy) is 2. The maximum absolute atomic E-state index is 13.0. The van der Waals surface area contributed by atoms with E-state index in [9.17, 15) is 9.59 Å². The molecule has 0 aromatic heterocycles. The maximum atomic E-state index is 13.0. The molecule has 0 aliphatic carbocycles. The molecule has 4 N–H and O–H groups in total. The molecule has 0 bridgehead atoms. The Morgan fingerprint density at radius 3 is 2.72 bits per heavy atom. The van der Waals surface area contributed by atoms with Crippen molar-refractivity contribution < 1.29 is 19.1 Å². The average Bonchev–Trinajstić information content (AvgIpc) is 2.59. The van der Waals surface area contributed by atoms with Gasteiger partial charge in [-0.3, -0.25) is 9.59 Å². The lowest BCUT2D eigenvalue weighted by atomic mass is 9.96. The first-order chi connectivity index (χ1) is 11.8. The largest absolute Gasteiger partial charge is 0.493 e. The predicted octanol–water partition coefficient (Wildman–Crippen LogP) is 1.55. The fourth-order valence-corrected chi connectivity index (χ4v) is 3.31. The third-order valence-corrected chi connectivity index (χ3v) is 4.53. The maximum Gasteiger partial charge on any atom is 0.255 e. The molecule has 7 nitrogen and oxygen atoms in total. The molecule has 2 atom stereocenters. The monoisotopic (exact) mass is 369 g/mol. The first kappa shape index (κ1) is 19.3. The van der Waals surface area contributed by atoms with E-state index in [0.29, 0.717) is 12.1 Å². The van der Waals surface area contributed by atoms with Crippen LogP contribution in [0.3, 0.4) is 0 Å². The molecule has 1 aromatic rings. The van der Waals surface area contributed by atoms with Crippen LogP contribution in [0.4, 0.5) is 0 Å². The molecule has 25 heavy (non-hydrogen) atoms. The molecule has 1 heterocycles. The Hall–Kier alpha value is -1.99. The Labute approximate surface area is 152 Å². The van der Waals surface area contributed by atoms with E-state index in [1.807, 2.05) is 6.92 Å². The number of hydrogen-bond donors (Lipinski definition) is 2. The lowest BCUT2D eigenvalue weighted by molar-refractivity contribution is -0.119. The molecular weight excluding hydrogens is 346 g/mol. The van der Waals surface area contributed by atoms with Crippen LogP contribution in [-0.2, 0) is 4.79 Å². The lowest BCUT2D eigenvalue weighted by Crippen LogP contribution is -2.51. The summed E-state index contributed by atoms with van der Waals surface area (Å²) in [6.45, 7) is 2.23. The first-order valence-electron chi connectivity index (χ1n) is 8.20. The molecule has 2 amide bonds. The quantitative estimate of drug-likeness (QED) is 0.791. The smallest absolute Gasteiger partial charge is 0.255 e. The fraction of sp³-hybridized carbons (Fsp3) is 0.529. The second kappa shape index (κ2) is 8.40. The summed E-state index contributed by atoms with van der Waals surface area (Å²) in [6.07, 6.45) is 2.88. The Morgan fingerprint density at radius 2 is 2.12 bits per heavy atom. The second-order valence-corrected chi connectivity index (χ2v) is 6.57. The number of primary amides is 1. The van der Waals surface area contributed by atoms with Crippen molar-refractivity contribution in [2.24, 2.45) is 11.5 Å². The van der Waals surface area contributed by atoms with Crippen LogP contribution in [0.15, 0.2) is 12.1 Å². The molecule has 0 unspecified atom stereocenters. The van der Waals surface area contributed by atoms with Gasteiger partial charge in [0, 0.05) is 24.2 Å². The summed E-state index contributed by atoms with van der Waals surface area (Å²) in [5, 5.41) is 0.179. The van der Waals surface area contributed by atoms with Gasteiger partial charge in [-0.15, -0.1) is 0 Å². The van der Waals surface area contributed by atoms with Crippen LogP contribution in [0.1, 0.15) is 36.5 Å². The standard InChI is InChI=1S/C17H24ClN3O4/c1-10(19)13-5-3-4-6-21(13)17(23)11-7-12(18)16(14(8-11)24-2)25-9-15(20)22/h7-8,10,13H,3-6,9,19H2,1-2H3,(H2,20,22)/t10-,13-/m0/s1. The zero-order valence-electron chi connectivity index (χ0n) is 14.5. The van der Waals surface area contributed by atoms with Crippen molar-refractivity contribution in [2.45, 2.75) is 38.3 Å². The minimum atomic E-state index is -0.633. The highest BCUT2D eigenvalue weighted by atomic mass is 35.5. The number of rotatable bonds is 6. The summed E-state index contributed by atoms with van der Waals surface area (Å²) in [4.78, 5) is 25.7. The van der Waals surface area contributed by atoms with E-state index < -0.39 is 5.91 Å². The van der Waals surface area contributed by atoms with Crippen LogP contribution < -0.4 is 20.9 Å². The molecule has 1 aliphatic heterocycles. The Kier molecular flexibility index (Phi) is 6.50. The van der Waals surface area contributed by atoms with Crippen molar-refractivity contribution in [3.8, 4) is 11.5 Å². The molecule has 1 aromatic carbocycles. The van der Waals surface area contributed by atoms with Gasteiger partial charge in [-0.25, -0.2) is 0 Å². The topological polar surface area (TPSA) is 108 Å². The van der Waals surface area contributed by atoms with Crippen LogP contribution in [0, 0.1) is 0 Å². The van der Waals surface area contributed by atoms with Crippen molar-refractivity contribution >= 4 is 23.4 Å². The lowest BCUT2D eigenvalue weighted by Gasteiger charge is -2.38. The molecule has 0 spiro atoms. The van der Waals surface area contributed by atoms with E-state index in [4.69, 9.17) is 32.5 Å². The van der Waals surface area contributed by atoms with Crippen LogP contribution in [0.5, 0.6) is 11.5 Å². The van der Waals surface area contributed by atoms with Gasteiger partial charge in [0.1, 0.15) is 0 Å². The molecule has 1 fully saturated rings. The van der Waals surface area contributed by atoms with Crippen LogP contribution in [0.2, 0.25) is 5.02 Å². The highest BCUT2D eigenvalue weighted by Gasteiger charge is 2.30. The van der Waals surface area contributed by atoms with Gasteiger partial charge in [0.05, 0.1) is 12.1 Å². The number of halogens is 1. The highest BCUT2D eigenvalue weighted by Crippen LogP contribution is 2.37. The number of carbonyl (C=O) groups is 2. The number of piperidine rings is 1. The number of benzene rings is 1. The minimum absolute atomic E-state index is 0.00296. The zero-order chi connectivity index (χ0) is 18.6. The molecule has 1 aliphatic rings. The second-order valence-electron chi connectivity index (χ2n) is 6.17. The van der Waals surface area contributed by atoms with Gasteiger partial charge in [0.15, 0.2) is 18.1 Å². The fourth-order valence-electron chi connectivity index (χ4n) is 3.05. The number of amides is 2. The van der Waals surface area contributed by atoms with E-state index in [2.05, 4.69) is 0 Å². The third kappa shape index (κ3) is 4.55. The Balaban J connectivity index is 2.30. The van der Waals surface area contributed by atoms with Gasteiger partial charge in [0.2, 0.25) is 0 Å². The SMILES string of the molecule is COc1cc(C(=O)N2CCCC[C@H]2[C@H](C)N)cc(Cl)c1OCC(N)=O. The van der Waals surface area contributed by atoms with Gasteiger partial charge in [0.25, 0.3) is 11.8 Å². The number of likely N-dealkylation sites (tertiary alicyclic amines) is 1. The third-order valence-electron chi connectivity index (χ3n) is 4.25. The summed E-state index contributed by atoms with van der Waals surface area (Å²) in [5.41, 5.74) is 11.5. The highest BCUT2D eigenvalue weighted by molar-refractivity contribution is 6.32. The molecule has 1 saturated heterocycles. The van der Waals surface area contributed by atoms with Gasteiger partial charge >= 0.3 is 0 Å². The molecule has 138 valence electrons. The normalized spacial score (nSPS) is 18.6. The van der Waals surface area contributed by atoms with Crippen molar-refractivity contribution in [3.63, 3.8) is 0 Å². The van der Waals surface area contributed by atoms with Crippen molar-refractivity contribution in [3.05, 3.63) is 22.7 Å². The minimum Gasteiger partial charge on any atom is -0.493 e. The van der Waals surface area contributed by atoms with Gasteiger partial charge in [-0.05, 0) is 38.3 Å². The molecule has 0 saturated carbocycles. The zero-order valence-corrected chi connectivity index (χ0v) is 15.2. The molecule has 8 heteroatoms. The van der Waals surface area contributed by atoms with Gasteiger partial charge < -0.3 is 25.8 Å². The molecular formula is C17H24ClN3O4. The predicted molar refractivity (Wildman–Crippen MR) is 95.0 cm³/mol. The Morgan fingerprint density at radius 1 is 1.40 bits per heavy atom. The number of nitrogens with two attached hydrogens (primary N) is 2. The average molecular weight is 370 g/mol. The summed E-state index contributed by atoms with van der Waals surface area (Å²) in [5.74, 6) is -0.330. The Bertz CT molecular complexity index is 651. The number of hydrogen-bond acceptors (Lipinski definition) is 5. The summed E-state index contributed by atoms with van der Waals surface area (Å²) in [6, 6.07) is 2.95. The van der Waals surface area contributed by atoms with Gasteiger partial charge in [-0.2, -0.15) is 0 Å². The van der Waals surface area contributed by atoms with Crippen molar-refractivity contribution in [1.82, 2.24) is 4.90 Å². The van der Waals surface area contributed by atoms with E-state index in [1.165, 1.54) is 13.2 Å². The number of nitrogens with zero attached hydrogens (tertiary/aromatic N) is 1. The van der Waals surface area contributed by atoms with Crippen LogP contribution in [0.25, 0.3) is 0 Å². The van der Waals surface area contributed by atoms with E-state index in [1.54, 1.807) is 11.0 Å².